The molecule has 0 unspecified atom stereocenters. The van der Waals surface area contributed by atoms with E-state index in [9.17, 15) is 24.3 Å². The fourth-order valence-corrected chi connectivity index (χ4v) is 4.24. The van der Waals surface area contributed by atoms with Crippen molar-refractivity contribution in [3.05, 3.63) is 40.4 Å². The van der Waals surface area contributed by atoms with Crippen molar-refractivity contribution in [3.8, 4) is 5.75 Å². The molecule has 214 valence electrons. The van der Waals surface area contributed by atoms with Gasteiger partial charge >= 0.3 is 0 Å². The first-order valence-electron chi connectivity index (χ1n) is 12.8. The molecule has 1 heterocycles. The van der Waals surface area contributed by atoms with Crippen LogP contribution in [0.2, 0.25) is 0 Å². The minimum Gasteiger partial charge on any atom is -0.508 e. The number of aromatic nitrogens is 1. The SMILES string of the molecule is Cc1ccc(O)c(Cc2cnc(NCCCNC(=O)[C@H](C)NC(=O)[C@H](C)NC(=O)[C@H](C)NC(=O)[C@H](C)N)s2)c1. The van der Waals surface area contributed by atoms with Crippen molar-refractivity contribution in [3.63, 3.8) is 0 Å². The van der Waals surface area contributed by atoms with Crippen molar-refractivity contribution in [1.29, 1.82) is 0 Å². The standard InChI is InChI=1S/C26H39N7O5S/c1-14-7-8-21(34)19(11-14)12-20-13-30-26(39-20)29-10-6-9-28-23(36)16(3)32-25(38)18(5)33-24(37)17(4)31-22(35)15(2)27/h7-8,11,13,15-18,34H,6,9-10,12,27H2,1-5H3,(H,28,36)(H,29,30)(H,31,35)(H,32,38)(H,33,37)/t15-,16-,17-,18-/m0/s1. The maximum Gasteiger partial charge on any atom is 0.242 e. The molecule has 2 aromatic rings. The van der Waals surface area contributed by atoms with Gasteiger partial charge in [-0.15, -0.1) is 11.3 Å². The summed E-state index contributed by atoms with van der Waals surface area (Å²) in [6.07, 6.45) is 3.01. The Kier molecular flexibility index (Phi) is 12.1. The molecule has 12 nitrogen and oxygen atoms in total. The van der Waals surface area contributed by atoms with Crippen molar-refractivity contribution >= 4 is 40.1 Å². The lowest BCUT2D eigenvalue weighted by Gasteiger charge is -2.21. The number of nitrogens with two attached hydrogens (primary N) is 1. The van der Waals surface area contributed by atoms with E-state index in [2.05, 4.69) is 31.6 Å². The van der Waals surface area contributed by atoms with E-state index < -0.39 is 41.9 Å². The van der Waals surface area contributed by atoms with Crippen LogP contribution in [0.25, 0.3) is 0 Å². The molecule has 0 fully saturated rings. The first kappa shape index (κ1) is 31.5. The summed E-state index contributed by atoms with van der Waals surface area (Å²) in [6, 6.07) is 2.16. The van der Waals surface area contributed by atoms with Crippen LogP contribution in [-0.4, -0.2) is 71.0 Å². The number of thiazole rings is 1. The Hall–Kier alpha value is -3.71. The maximum atomic E-state index is 12.4. The van der Waals surface area contributed by atoms with E-state index in [-0.39, 0.29) is 11.7 Å². The molecule has 0 aliphatic heterocycles. The highest BCUT2D eigenvalue weighted by Crippen LogP contribution is 2.26. The summed E-state index contributed by atoms with van der Waals surface area (Å²) in [6.45, 7) is 8.97. The third-order valence-corrected chi connectivity index (χ3v) is 6.71. The molecular weight excluding hydrogens is 522 g/mol. The number of carbonyl (C=O) groups excluding carboxylic acids is 4. The molecule has 0 saturated carbocycles. The number of phenols is 1. The average molecular weight is 562 g/mol. The minimum atomic E-state index is -0.912. The van der Waals surface area contributed by atoms with Gasteiger partial charge < -0.3 is 37.4 Å². The molecule has 1 aromatic carbocycles. The van der Waals surface area contributed by atoms with Crippen LogP contribution in [0, 0.1) is 6.92 Å². The number of amides is 4. The largest absolute Gasteiger partial charge is 0.508 e. The first-order valence-corrected chi connectivity index (χ1v) is 13.6. The number of nitrogens with one attached hydrogen (secondary N) is 5. The summed E-state index contributed by atoms with van der Waals surface area (Å²) in [7, 11) is 0. The molecule has 0 aliphatic rings. The molecule has 0 bridgehead atoms. The number of anilines is 1. The smallest absolute Gasteiger partial charge is 0.242 e. The second kappa shape index (κ2) is 15.0. The van der Waals surface area contributed by atoms with Gasteiger partial charge in [0.15, 0.2) is 5.13 Å². The van der Waals surface area contributed by atoms with Crippen molar-refractivity contribution < 1.29 is 24.3 Å². The number of benzene rings is 1. The van der Waals surface area contributed by atoms with Gasteiger partial charge in [-0.3, -0.25) is 19.2 Å². The monoisotopic (exact) mass is 561 g/mol. The van der Waals surface area contributed by atoms with Gasteiger partial charge in [-0.05, 0) is 52.7 Å². The van der Waals surface area contributed by atoms with E-state index in [1.807, 2.05) is 19.1 Å². The van der Waals surface area contributed by atoms with Gasteiger partial charge in [0.1, 0.15) is 23.9 Å². The fraction of sp³-hybridized carbons (Fsp3) is 0.500. The highest BCUT2D eigenvalue weighted by molar-refractivity contribution is 7.15. The summed E-state index contributed by atoms with van der Waals surface area (Å²) in [5.41, 5.74) is 7.40. The molecular formula is C26H39N7O5S. The molecule has 39 heavy (non-hydrogen) atoms. The molecule has 0 radical (unpaired) electrons. The zero-order chi connectivity index (χ0) is 29.1. The van der Waals surface area contributed by atoms with Gasteiger partial charge in [0.25, 0.3) is 0 Å². The van der Waals surface area contributed by atoms with Gasteiger partial charge in [0.2, 0.25) is 23.6 Å². The van der Waals surface area contributed by atoms with Crippen LogP contribution in [0.1, 0.15) is 50.1 Å². The number of carbonyl (C=O) groups is 4. The average Bonchev–Trinajstić information content (AvgIpc) is 3.32. The minimum absolute atomic E-state index is 0.265. The molecule has 4 atom stereocenters. The van der Waals surface area contributed by atoms with Gasteiger partial charge in [-0.1, -0.05) is 17.7 Å². The molecule has 0 spiro atoms. The molecule has 1 aromatic heterocycles. The summed E-state index contributed by atoms with van der Waals surface area (Å²) in [5, 5.41) is 24.3. The van der Waals surface area contributed by atoms with Crippen LogP contribution in [0.5, 0.6) is 5.75 Å². The summed E-state index contributed by atoms with van der Waals surface area (Å²) in [5.74, 6) is -1.64. The summed E-state index contributed by atoms with van der Waals surface area (Å²) < 4.78 is 0. The van der Waals surface area contributed by atoms with Crippen molar-refractivity contribution in [2.45, 2.75) is 71.6 Å². The van der Waals surface area contributed by atoms with Crippen LogP contribution < -0.4 is 32.3 Å². The predicted molar refractivity (Wildman–Crippen MR) is 150 cm³/mol. The van der Waals surface area contributed by atoms with Crippen molar-refractivity contribution in [2.24, 2.45) is 5.73 Å². The third-order valence-electron chi connectivity index (χ3n) is 5.75. The molecule has 4 amide bonds. The second-order valence-electron chi connectivity index (χ2n) is 9.49. The van der Waals surface area contributed by atoms with Gasteiger partial charge in [-0.2, -0.15) is 0 Å². The van der Waals surface area contributed by atoms with Crippen LogP contribution in [-0.2, 0) is 25.6 Å². The third kappa shape index (κ3) is 10.5. The first-order chi connectivity index (χ1) is 18.4. The molecule has 8 N–H and O–H groups in total. The van der Waals surface area contributed by atoms with Gasteiger partial charge in [-0.25, -0.2) is 4.98 Å². The normalized spacial score (nSPS) is 13.9. The zero-order valence-electron chi connectivity index (χ0n) is 23.0. The van der Waals surface area contributed by atoms with Crippen LogP contribution in [0.4, 0.5) is 5.13 Å². The highest BCUT2D eigenvalue weighted by Gasteiger charge is 2.24. The number of nitrogens with zero attached hydrogens (tertiary/aromatic N) is 1. The number of rotatable bonds is 14. The lowest BCUT2D eigenvalue weighted by atomic mass is 10.1. The Morgan fingerprint density at radius 2 is 1.51 bits per heavy atom. The van der Waals surface area contributed by atoms with Crippen LogP contribution >= 0.6 is 11.3 Å². The fourth-order valence-electron chi connectivity index (χ4n) is 3.38. The number of aromatic hydroxyl groups is 1. The number of phenolic OH excluding ortho intramolecular Hbond substituents is 1. The lowest BCUT2D eigenvalue weighted by molar-refractivity contribution is -0.133. The maximum absolute atomic E-state index is 12.4. The molecule has 2 rings (SSSR count). The van der Waals surface area contributed by atoms with Crippen molar-refractivity contribution in [2.75, 3.05) is 18.4 Å². The summed E-state index contributed by atoms with van der Waals surface area (Å²) >= 11 is 1.51. The van der Waals surface area contributed by atoms with E-state index in [1.165, 1.54) is 32.1 Å². The van der Waals surface area contributed by atoms with E-state index >= 15 is 0 Å². The van der Waals surface area contributed by atoms with Crippen LogP contribution in [0.3, 0.4) is 0 Å². The zero-order valence-corrected chi connectivity index (χ0v) is 23.8. The number of hydrogen-bond acceptors (Lipinski definition) is 9. The van der Waals surface area contributed by atoms with E-state index in [1.54, 1.807) is 19.2 Å². The Balaban J connectivity index is 1.66. The van der Waals surface area contributed by atoms with Gasteiger partial charge in [0.05, 0.1) is 6.04 Å². The second-order valence-corrected chi connectivity index (χ2v) is 10.6. The lowest BCUT2D eigenvalue weighted by Crippen LogP contribution is -2.55. The Morgan fingerprint density at radius 3 is 2.13 bits per heavy atom. The predicted octanol–water partition coefficient (Wildman–Crippen LogP) is 0.527. The van der Waals surface area contributed by atoms with E-state index in [4.69, 9.17) is 5.73 Å². The van der Waals surface area contributed by atoms with Gasteiger partial charge in [0, 0.05) is 30.6 Å². The molecule has 0 saturated heterocycles. The molecule has 13 heteroatoms. The van der Waals surface area contributed by atoms with Crippen molar-refractivity contribution in [1.82, 2.24) is 26.3 Å². The Labute approximate surface area is 232 Å². The topological polar surface area (TPSA) is 188 Å². The number of aryl methyl sites for hydroxylation is 1. The molecule has 0 aliphatic carbocycles. The highest BCUT2D eigenvalue weighted by atomic mass is 32.1. The van der Waals surface area contributed by atoms with E-state index in [0.29, 0.717) is 25.9 Å². The Bertz CT molecular complexity index is 1150. The Morgan fingerprint density at radius 1 is 0.923 bits per heavy atom. The number of hydrogen-bond donors (Lipinski definition) is 7. The van der Waals surface area contributed by atoms with E-state index in [0.717, 1.165) is 21.1 Å². The summed E-state index contributed by atoms with van der Waals surface area (Å²) in [4.78, 5) is 54.0. The van der Waals surface area contributed by atoms with Crippen LogP contribution in [0.15, 0.2) is 24.4 Å². The quantitative estimate of drug-likeness (QED) is 0.163.